The lowest BCUT2D eigenvalue weighted by atomic mass is 10.2. The van der Waals surface area contributed by atoms with Crippen LogP contribution < -0.4 is 15.0 Å². The molecule has 1 aliphatic rings. The Morgan fingerprint density at radius 1 is 1.19 bits per heavy atom. The van der Waals surface area contributed by atoms with Gasteiger partial charge in [0.15, 0.2) is 6.61 Å². The molecule has 0 atom stereocenters. The number of amides is 1. The summed E-state index contributed by atoms with van der Waals surface area (Å²) in [6.45, 7) is 1.55. The van der Waals surface area contributed by atoms with Gasteiger partial charge in [0.25, 0.3) is 5.91 Å². The zero-order chi connectivity index (χ0) is 14.5. The van der Waals surface area contributed by atoms with Gasteiger partial charge < -0.3 is 15.0 Å². The average Bonchev–Trinajstić information content (AvgIpc) is 2.54. The van der Waals surface area contributed by atoms with Crippen LogP contribution in [0.5, 0.6) is 5.75 Å². The maximum Gasteiger partial charge on any atom is 0.265 e. The average molecular weight is 283 g/mol. The number of benzene rings is 1. The van der Waals surface area contributed by atoms with Crippen molar-refractivity contribution >= 4 is 17.4 Å². The van der Waals surface area contributed by atoms with E-state index in [-0.39, 0.29) is 12.5 Å². The van der Waals surface area contributed by atoms with E-state index in [9.17, 15) is 4.79 Å². The van der Waals surface area contributed by atoms with Crippen molar-refractivity contribution in [1.82, 2.24) is 4.98 Å². The Kier molecular flexibility index (Phi) is 4.00. The molecule has 5 nitrogen and oxygen atoms in total. The summed E-state index contributed by atoms with van der Waals surface area (Å²) in [6, 6.07) is 13.4. The SMILES string of the molecule is O=C1COc2ccccc2N1CCCNc1ccccn1. The van der Waals surface area contributed by atoms with Crippen LogP contribution in [0, 0.1) is 0 Å². The minimum absolute atomic E-state index is 0.00605. The zero-order valence-electron chi connectivity index (χ0n) is 11.7. The lowest BCUT2D eigenvalue weighted by Gasteiger charge is -2.29. The van der Waals surface area contributed by atoms with Crippen LogP contribution in [0.2, 0.25) is 0 Å². The molecule has 0 spiro atoms. The fourth-order valence-electron chi connectivity index (χ4n) is 2.32. The van der Waals surface area contributed by atoms with Gasteiger partial charge >= 0.3 is 0 Å². The fourth-order valence-corrected chi connectivity index (χ4v) is 2.32. The summed E-state index contributed by atoms with van der Waals surface area (Å²) in [7, 11) is 0. The van der Waals surface area contributed by atoms with Gasteiger partial charge in [-0.3, -0.25) is 4.79 Å². The molecule has 1 aromatic heterocycles. The highest BCUT2D eigenvalue weighted by Crippen LogP contribution is 2.31. The molecule has 3 rings (SSSR count). The summed E-state index contributed by atoms with van der Waals surface area (Å²) in [6.07, 6.45) is 2.60. The van der Waals surface area contributed by atoms with E-state index in [1.807, 2.05) is 42.5 Å². The number of carbonyl (C=O) groups excluding carboxylic acids is 1. The Balaban J connectivity index is 1.56. The van der Waals surface area contributed by atoms with E-state index in [1.54, 1.807) is 11.1 Å². The summed E-state index contributed by atoms with van der Waals surface area (Å²) >= 11 is 0. The summed E-state index contributed by atoms with van der Waals surface area (Å²) in [4.78, 5) is 18.0. The van der Waals surface area contributed by atoms with E-state index >= 15 is 0 Å². The molecule has 5 heteroatoms. The van der Waals surface area contributed by atoms with E-state index < -0.39 is 0 Å². The number of aromatic nitrogens is 1. The third-order valence-corrected chi connectivity index (χ3v) is 3.34. The number of hydrogen-bond acceptors (Lipinski definition) is 4. The van der Waals surface area contributed by atoms with Crippen molar-refractivity contribution in [3.63, 3.8) is 0 Å². The quantitative estimate of drug-likeness (QED) is 0.856. The Labute approximate surface area is 123 Å². The fraction of sp³-hybridized carbons (Fsp3) is 0.250. The monoisotopic (exact) mass is 283 g/mol. The maximum absolute atomic E-state index is 12.0. The first-order chi connectivity index (χ1) is 10.3. The molecule has 108 valence electrons. The van der Waals surface area contributed by atoms with Crippen molar-refractivity contribution in [3.8, 4) is 5.75 Å². The molecule has 1 aromatic carbocycles. The Morgan fingerprint density at radius 2 is 2.05 bits per heavy atom. The molecule has 2 aromatic rings. The number of ether oxygens (including phenoxy) is 1. The highest BCUT2D eigenvalue weighted by atomic mass is 16.5. The van der Waals surface area contributed by atoms with Crippen molar-refractivity contribution in [2.24, 2.45) is 0 Å². The summed E-state index contributed by atoms with van der Waals surface area (Å²) in [5, 5.41) is 3.24. The number of anilines is 2. The predicted octanol–water partition coefficient (Wildman–Crippen LogP) is 2.31. The van der Waals surface area contributed by atoms with Crippen LogP contribution in [0.15, 0.2) is 48.7 Å². The van der Waals surface area contributed by atoms with Crippen LogP contribution in [0.3, 0.4) is 0 Å². The topological polar surface area (TPSA) is 54.5 Å². The number of rotatable bonds is 5. The number of fused-ring (bicyclic) bond motifs is 1. The van der Waals surface area contributed by atoms with E-state index in [0.29, 0.717) is 6.54 Å². The number of hydrogen-bond donors (Lipinski definition) is 1. The lowest BCUT2D eigenvalue weighted by Crippen LogP contribution is -2.39. The normalized spacial score (nSPS) is 13.5. The second kappa shape index (κ2) is 6.26. The molecule has 0 radical (unpaired) electrons. The largest absolute Gasteiger partial charge is 0.482 e. The van der Waals surface area contributed by atoms with Gasteiger partial charge in [0.1, 0.15) is 11.6 Å². The van der Waals surface area contributed by atoms with Gasteiger partial charge in [0, 0.05) is 19.3 Å². The molecule has 0 saturated carbocycles. The summed E-state index contributed by atoms with van der Waals surface area (Å²) in [5.74, 6) is 1.63. The minimum atomic E-state index is 0.00605. The van der Waals surface area contributed by atoms with Gasteiger partial charge in [-0.1, -0.05) is 18.2 Å². The van der Waals surface area contributed by atoms with Gasteiger partial charge in [-0.25, -0.2) is 4.98 Å². The number of nitrogens with one attached hydrogen (secondary N) is 1. The molecule has 0 fully saturated rings. The Bertz CT molecular complexity index is 616. The van der Waals surface area contributed by atoms with Crippen LogP contribution in [0.1, 0.15) is 6.42 Å². The van der Waals surface area contributed by atoms with Gasteiger partial charge in [0.2, 0.25) is 0 Å². The first-order valence-electron chi connectivity index (χ1n) is 7.02. The predicted molar refractivity (Wildman–Crippen MR) is 81.6 cm³/mol. The molecular weight excluding hydrogens is 266 g/mol. The van der Waals surface area contributed by atoms with E-state index in [1.165, 1.54) is 0 Å². The zero-order valence-corrected chi connectivity index (χ0v) is 11.7. The summed E-state index contributed by atoms with van der Waals surface area (Å²) < 4.78 is 5.42. The van der Waals surface area contributed by atoms with Gasteiger partial charge in [-0.2, -0.15) is 0 Å². The molecular formula is C16H17N3O2. The van der Waals surface area contributed by atoms with Crippen LogP contribution >= 0.6 is 0 Å². The van der Waals surface area contributed by atoms with Gasteiger partial charge in [-0.05, 0) is 30.7 Å². The second-order valence-electron chi connectivity index (χ2n) is 4.80. The smallest absolute Gasteiger partial charge is 0.265 e. The molecule has 0 aliphatic carbocycles. The number of para-hydroxylation sites is 2. The third-order valence-electron chi connectivity index (χ3n) is 3.34. The van der Waals surface area contributed by atoms with E-state index in [2.05, 4.69) is 10.3 Å². The van der Waals surface area contributed by atoms with E-state index in [4.69, 9.17) is 4.74 Å². The maximum atomic E-state index is 12.0. The van der Waals surface area contributed by atoms with Crippen molar-refractivity contribution in [2.75, 3.05) is 29.9 Å². The molecule has 1 amide bonds. The number of nitrogens with zero attached hydrogens (tertiary/aromatic N) is 2. The Hall–Kier alpha value is -2.56. The second-order valence-corrected chi connectivity index (χ2v) is 4.80. The van der Waals surface area contributed by atoms with Crippen LogP contribution in [-0.4, -0.2) is 30.6 Å². The standard InChI is InChI=1S/C16H17N3O2/c20-16-12-21-14-7-2-1-6-13(14)19(16)11-5-10-18-15-8-3-4-9-17-15/h1-4,6-9H,5,10-12H2,(H,17,18). The highest BCUT2D eigenvalue weighted by molar-refractivity contribution is 5.97. The molecule has 1 aliphatic heterocycles. The minimum Gasteiger partial charge on any atom is -0.482 e. The van der Waals surface area contributed by atoms with Crippen molar-refractivity contribution < 1.29 is 9.53 Å². The first-order valence-corrected chi connectivity index (χ1v) is 7.02. The third kappa shape index (κ3) is 3.13. The number of pyridine rings is 1. The lowest BCUT2D eigenvalue weighted by molar-refractivity contribution is -0.121. The van der Waals surface area contributed by atoms with Crippen LogP contribution in [0.4, 0.5) is 11.5 Å². The van der Waals surface area contributed by atoms with Crippen LogP contribution in [0.25, 0.3) is 0 Å². The Morgan fingerprint density at radius 3 is 2.90 bits per heavy atom. The van der Waals surface area contributed by atoms with Gasteiger partial charge in [0.05, 0.1) is 5.69 Å². The highest BCUT2D eigenvalue weighted by Gasteiger charge is 2.24. The molecule has 2 heterocycles. The molecule has 1 N–H and O–H groups in total. The molecule has 0 bridgehead atoms. The first kappa shape index (κ1) is 13.4. The van der Waals surface area contributed by atoms with E-state index in [0.717, 1.165) is 30.2 Å². The summed E-state index contributed by atoms with van der Waals surface area (Å²) in [5.41, 5.74) is 0.853. The molecule has 0 saturated heterocycles. The molecule has 0 unspecified atom stereocenters. The van der Waals surface area contributed by atoms with Crippen molar-refractivity contribution in [2.45, 2.75) is 6.42 Å². The van der Waals surface area contributed by atoms with Crippen molar-refractivity contribution in [1.29, 1.82) is 0 Å². The van der Waals surface area contributed by atoms with Crippen molar-refractivity contribution in [3.05, 3.63) is 48.7 Å². The molecule has 21 heavy (non-hydrogen) atoms. The van der Waals surface area contributed by atoms with Crippen LogP contribution in [-0.2, 0) is 4.79 Å². The number of carbonyl (C=O) groups is 1. The van der Waals surface area contributed by atoms with Gasteiger partial charge in [-0.15, -0.1) is 0 Å².